The molecule has 0 unspecified atom stereocenters. The minimum Gasteiger partial charge on any atom is -0.496 e. The summed E-state index contributed by atoms with van der Waals surface area (Å²) in [6, 6.07) is 6.67. The number of carbonyl (C=O) groups excluding carboxylic acids is 1. The van der Waals surface area contributed by atoms with Gasteiger partial charge in [-0.05, 0) is 38.0 Å². The van der Waals surface area contributed by atoms with Crippen molar-refractivity contribution < 1.29 is 19.4 Å². The van der Waals surface area contributed by atoms with Crippen LogP contribution in [0.15, 0.2) is 30.0 Å². The standard InChI is InChI=1S/C20H24N2O4/c1-4-20(5-2)19(24)18(22-12-14(25-6-3)10-17(22)23)15-9-13(11-21)7-8-16(15)26-20/h7-10,18-19,24H,4-6,12H2,1-3H3/t18-,19+/m0/s1. The Kier molecular flexibility index (Phi) is 4.92. The molecule has 2 aliphatic heterocycles. The Morgan fingerprint density at radius 3 is 2.73 bits per heavy atom. The predicted octanol–water partition coefficient (Wildman–Crippen LogP) is 2.67. The molecule has 0 fully saturated rings. The Morgan fingerprint density at radius 2 is 2.12 bits per heavy atom. The number of nitrogens with zero attached hydrogens (tertiary/aromatic N) is 2. The summed E-state index contributed by atoms with van der Waals surface area (Å²) in [6.07, 6.45) is 1.78. The average molecular weight is 356 g/mol. The minimum absolute atomic E-state index is 0.200. The van der Waals surface area contributed by atoms with Crippen LogP contribution in [0.5, 0.6) is 5.75 Å². The molecule has 1 N–H and O–H groups in total. The molecule has 3 rings (SSSR count). The van der Waals surface area contributed by atoms with Gasteiger partial charge in [-0.3, -0.25) is 4.79 Å². The number of hydrogen-bond donors (Lipinski definition) is 1. The second kappa shape index (κ2) is 7.00. The maximum atomic E-state index is 12.6. The maximum Gasteiger partial charge on any atom is 0.251 e. The van der Waals surface area contributed by atoms with Crippen molar-refractivity contribution in [2.24, 2.45) is 0 Å². The first kappa shape index (κ1) is 18.3. The van der Waals surface area contributed by atoms with Gasteiger partial charge < -0.3 is 19.5 Å². The molecule has 2 atom stereocenters. The number of ether oxygens (including phenoxy) is 2. The Labute approximate surface area is 153 Å². The van der Waals surface area contributed by atoms with E-state index in [0.717, 1.165) is 0 Å². The van der Waals surface area contributed by atoms with Gasteiger partial charge in [0.1, 0.15) is 23.2 Å². The molecule has 0 radical (unpaired) electrons. The molecule has 138 valence electrons. The van der Waals surface area contributed by atoms with Crippen molar-refractivity contribution >= 4 is 5.91 Å². The van der Waals surface area contributed by atoms with Crippen molar-refractivity contribution in [1.82, 2.24) is 4.90 Å². The van der Waals surface area contributed by atoms with Gasteiger partial charge >= 0.3 is 0 Å². The van der Waals surface area contributed by atoms with E-state index < -0.39 is 17.7 Å². The largest absolute Gasteiger partial charge is 0.496 e. The van der Waals surface area contributed by atoms with Crippen LogP contribution in [0.25, 0.3) is 0 Å². The van der Waals surface area contributed by atoms with Crippen molar-refractivity contribution in [3.8, 4) is 11.8 Å². The Morgan fingerprint density at radius 1 is 1.38 bits per heavy atom. The van der Waals surface area contributed by atoms with E-state index in [4.69, 9.17) is 9.47 Å². The highest BCUT2D eigenvalue weighted by atomic mass is 16.5. The van der Waals surface area contributed by atoms with Gasteiger partial charge in [-0.1, -0.05) is 13.8 Å². The van der Waals surface area contributed by atoms with Crippen LogP contribution in [0, 0.1) is 11.3 Å². The fraction of sp³-hybridized carbons (Fsp3) is 0.500. The Bertz CT molecular complexity index is 777. The summed E-state index contributed by atoms with van der Waals surface area (Å²) in [5.74, 6) is 1.00. The molecule has 1 aromatic rings. The molecule has 2 heterocycles. The first-order chi connectivity index (χ1) is 12.5. The smallest absolute Gasteiger partial charge is 0.251 e. The molecule has 0 aromatic heterocycles. The topological polar surface area (TPSA) is 82.8 Å². The number of fused-ring (bicyclic) bond motifs is 1. The van der Waals surface area contributed by atoms with Gasteiger partial charge in [-0.15, -0.1) is 0 Å². The number of carbonyl (C=O) groups is 1. The van der Waals surface area contributed by atoms with Gasteiger partial charge in [-0.2, -0.15) is 5.26 Å². The summed E-state index contributed by atoms with van der Waals surface area (Å²) in [4.78, 5) is 14.2. The molecule has 0 bridgehead atoms. The van der Waals surface area contributed by atoms with Crippen LogP contribution in [0.4, 0.5) is 0 Å². The second-order valence-corrected chi connectivity index (χ2v) is 6.64. The molecule has 2 aliphatic rings. The van der Waals surface area contributed by atoms with Crippen LogP contribution >= 0.6 is 0 Å². The first-order valence-corrected chi connectivity index (χ1v) is 9.04. The van der Waals surface area contributed by atoms with E-state index >= 15 is 0 Å². The monoisotopic (exact) mass is 356 g/mol. The van der Waals surface area contributed by atoms with Crippen LogP contribution in [0.1, 0.15) is 50.8 Å². The average Bonchev–Trinajstić information content (AvgIpc) is 3.01. The summed E-state index contributed by atoms with van der Waals surface area (Å²) in [7, 11) is 0. The van der Waals surface area contributed by atoms with Crippen LogP contribution in [0.3, 0.4) is 0 Å². The zero-order valence-corrected chi connectivity index (χ0v) is 15.4. The maximum absolute atomic E-state index is 12.6. The van der Waals surface area contributed by atoms with E-state index in [0.29, 0.717) is 48.6 Å². The van der Waals surface area contributed by atoms with E-state index in [1.165, 1.54) is 6.08 Å². The third-order valence-corrected chi connectivity index (χ3v) is 5.37. The Balaban J connectivity index is 2.07. The van der Waals surface area contributed by atoms with Crippen LogP contribution < -0.4 is 4.74 Å². The third-order valence-electron chi connectivity index (χ3n) is 5.37. The highest BCUT2D eigenvalue weighted by Gasteiger charge is 2.51. The second-order valence-electron chi connectivity index (χ2n) is 6.64. The van der Waals surface area contributed by atoms with Gasteiger partial charge in [0.15, 0.2) is 0 Å². The van der Waals surface area contributed by atoms with Gasteiger partial charge in [0.2, 0.25) is 0 Å². The quantitative estimate of drug-likeness (QED) is 0.877. The van der Waals surface area contributed by atoms with Crippen molar-refractivity contribution in [3.63, 3.8) is 0 Å². The summed E-state index contributed by atoms with van der Waals surface area (Å²) in [6.45, 7) is 6.58. The zero-order chi connectivity index (χ0) is 18.9. The highest BCUT2D eigenvalue weighted by Crippen LogP contribution is 2.46. The fourth-order valence-electron chi connectivity index (χ4n) is 3.85. The summed E-state index contributed by atoms with van der Waals surface area (Å²) in [5.41, 5.74) is 0.351. The summed E-state index contributed by atoms with van der Waals surface area (Å²) in [5, 5.41) is 20.5. The summed E-state index contributed by atoms with van der Waals surface area (Å²) < 4.78 is 11.7. The van der Waals surface area contributed by atoms with Gasteiger partial charge in [0.25, 0.3) is 5.91 Å². The number of hydrogen-bond acceptors (Lipinski definition) is 5. The number of benzene rings is 1. The number of amides is 1. The molecule has 0 saturated heterocycles. The van der Waals surface area contributed by atoms with E-state index in [9.17, 15) is 15.2 Å². The van der Waals surface area contributed by atoms with Crippen LogP contribution in [-0.2, 0) is 9.53 Å². The van der Waals surface area contributed by atoms with E-state index in [1.54, 1.807) is 23.1 Å². The molecule has 1 amide bonds. The van der Waals surface area contributed by atoms with Crippen molar-refractivity contribution in [2.45, 2.75) is 51.4 Å². The lowest BCUT2D eigenvalue weighted by molar-refractivity contribution is -0.142. The molecular formula is C20H24N2O4. The Hall–Kier alpha value is -2.52. The molecule has 6 heteroatoms. The fourth-order valence-corrected chi connectivity index (χ4v) is 3.85. The minimum atomic E-state index is -0.905. The first-order valence-electron chi connectivity index (χ1n) is 9.04. The number of aliphatic hydroxyl groups excluding tert-OH is 1. The lowest BCUT2D eigenvalue weighted by atomic mass is 9.79. The molecule has 0 spiro atoms. The number of rotatable bonds is 5. The van der Waals surface area contributed by atoms with Crippen LogP contribution in [0.2, 0.25) is 0 Å². The molecule has 6 nitrogen and oxygen atoms in total. The lowest BCUT2D eigenvalue weighted by Gasteiger charge is -2.48. The normalized spacial score (nSPS) is 23.7. The molecule has 0 aliphatic carbocycles. The van der Waals surface area contributed by atoms with E-state index in [2.05, 4.69) is 6.07 Å². The van der Waals surface area contributed by atoms with E-state index in [1.807, 2.05) is 20.8 Å². The van der Waals surface area contributed by atoms with Crippen molar-refractivity contribution in [2.75, 3.05) is 13.2 Å². The lowest BCUT2D eigenvalue weighted by Crippen LogP contribution is -2.56. The van der Waals surface area contributed by atoms with Gasteiger partial charge in [0, 0.05) is 11.6 Å². The molecule has 26 heavy (non-hydrogen) atoms. The zero-order valence-electron chi connectivity index (χ0n) is 15.4. The van der Waals surface area contributed by atoms with Crippen LogP contribution in [-0.4, -0.2) is 40.8 Å². The van der Waals surface area contributed by atoms with Gasteiger partial charge in [-0.25, -0.2) is 0 Å². The van der Waals surface area contributed by atoms with E-state index in [-0.39, 0.29) is 5.91 Å². The summed E-state index contributed by atoms with van der Waals surface area (Å²) >= 11 is 0. The van der Waals surface area contributed by atoms with Crippen molar-refractivity contribution in [3.05, 3.63) is 41.2 Å². The van der Waals surface area contributed by atoms with Gasteiger partial charge in [0.05, 0.1) is 30.8 Å². The molecule has 1 aromatic carbocycles. The SMILES string of the molecule is CCOC1=CC(=O)N([C@H]2c3cc(C#N)ccc3OC(CC)(CC)[C@@H]2O)C1. The highest BCUT2D eigenvalue weighted by molar-refractivity contribution is 5.91. The molecular weight excluding hydrogens is 332 g/mol. The predicted molar refractivity (Wildman–Crippen MR) is 95.3 cm³/mol. The third kappa shape index (κ3) is 2.82. The van der Waals surface area contributed by atoms with Crippen molar-refractivity contribution in [1.29, 1.82) is 5.26 Å². The number of nitriles is 1. The molecule has 0 saturated carbocycles. The number of aliphatic hydroxyl groups is 1.